The van der Waals surface area contributed by atoms with Gasteiger partial charge in [-0.05, 0) is 33.0 Å². The van der Waals surface area contributed by atoms with Gasteiger partial charge in [0, 0.05) is 44.5 Å². The van der Waals surface area contributed by atoms with Crippen LogP contribution in [0.2, 0.25) is 0 Å². The SMILES string of the molecule is CN=C(NCc1ccccc1OC)NCC1(N(C)C)CCOCC1. The number of nitrogens with zero attached hydrogens (tertiary/aromatic N) is 2. The summed E-state index contributed by atoms with van der Waals surface area (Å²) in [6.07, 6.45) is 2.05. The van der Waals surface area contributed by atoms with E-state index in [1.807, 2.05) is 18.2 Å². The summed E-state index contributed by atoms with van der Waals surface area (Å²) in [4.78, 5) is 6.64. The van der Waals surface area contributed by atoms with Crippen molar-refractivity contribution in [2.75, 3.05) is 48.0 Å². The lowest BCUT2D eigenvalue weighted by molar-refractivity contribution is -0.00501. The molecule has 0 unspecified atom stereocenters. The first-order valence-corrected chi connectivity index (χ1v) is 8.43. The molecule has 1 aliphatic rings. The van der Waals surface area contributed by atoms with Crippen molar-refractivity contribution in [2.24, 2.45) is 4.99 Å². The minimum Gasteiger partial charge on any atom is -0.496 e. The molecule has 1 aromatic rings. The van der Waals surface area contributed by atoms with Gasteiger partial charge in [-0.3, -0.25) is 4.99 Å². The van der Waals surface area contributed by atoms with Crippen LogP contribution in [0.15, 0.2) is 29.3 Å². The van der Waals surface area contributed by atoms with Crippen molar-refractivity contribution in [3.05, 3.63) is 29.8 Å². The van der Waals surface area contributed by atoms with Gasteiger partial charge in [0.1, 0.15) is 5.75 Å². The predicted octanol–water partition coefficient (Wildman–Crippen LogP) is 1.47. The first-order valence-electron chi connectivity index (χ1n) is 8.43. The Morgan fingerprint density at radius 2 is 1.96 bits per heavy atom. The molecule has 1 aromatic carbocycles. The molecule has 0 amide bonds. The largest absolute Gasteiger partial charge is 0.496 e. The molecule has 6 nitrogen and oxygen atoms in total. The number of nitrogens with one attached hydrogen (secondary N) is 2. The van der Waals surface area contributed by atoms with Gasteiger partial charge in [-0.2, -0.15) is 0 Å². The fraction of sp³-hybridized carbons (Fsp3) is 0.611. The van der Waals surface area contributed by atoms with E-state index in [4.69, 9.17) is 9.47 Å². The highest BCUT2D eigenvalue weighted by Crippen LogP contribution is 2.25. The molecule has 0 aromatic heterocycles. The third-order valence-corrected chi connectivity index (χ3v) is 4.82. The summed E-state index contributed by atoms with van der Waals surface area (Å²) in [6, 6.07) is 8.01. The zero-order valence-corrected chi connectivity index (χ0v) is 15.3. The van der Waals surface area contributed by atoms with Gasteiger partial charge in [0.15, 0.2) is 5.96 Å². The van der Waals surface area contributed by atoms with Gasteiger partial charge in [-0.1, -0.05) is 18.2 Å². The standard InChI is InChI=1S/C18H30N4O2/c1-19-17(20-13-15-7-5-6-8-16(15)23-4)21-14-18(22(2)3)9-11-24-12-10-18/h5-8H,9-14H2,1-4H3,(H2,19,20,21). The van der Waals surface area contributed by atoms with Crippen molar-refractivity contribution in [1.29, 1.82) is 0 Å². The van der Waals surface area contributed by atoms with E-state index in [1.54, 1.807) is 14.2 Å². The minimum absolute atomic E-state index is 0.111. The number of guanidine groups is 1. The average Bonchev–Trinajstić information content (AvgIpc) is 2.62. The van der Waals surface area contributed by atoms with Crippen LogP contribution in [0.3, 0.4) is 0 Å². The van der Waals surface area contributed by atoms with Gasteiger partial charge >= 0.3 is 0 Å². The van der Waals surface area contributed by atoms with Crippen LogP contribution in [0.25, 0.3) is 0 Å². The lowest BCUT2D eigenvalue weighted by Crippen LogP contribution is -2.57. The van der Waals surface area contributed by atoms with Crippen LogP contribution in [0.5, 0.6) is 5.75 Å². The van der Waals surface area contributed by atoms with Crippen molar-refractivity contribution >= 4 is 5.96 Å². The van der Waals surface area contributed by atoms with E-state index in [0.29, 0.717) is 6.54 Å². The van der Waals surface area contributed by atoms with Crippen LogP contribution in [0, 0.1) is 0 Å². The van der Waals surface area contributed by atoms with Gasteiger partial charge in [0.25, 0.3) is 0 Å². The van der Waals surface area contributed by atoms with Crippen molar-refractivity contribution in [3.8, 4) is 5.75 Å². The number of likely N-dealkylation sites (N-methyl/N-ethyl adjacent to an activating group) is 1. The Balaban J connectivity index is 1.92. The molecule has 2 N–H and O–H groups in total. The van der Waals surface area contributed by atoms with E-state index >= 15 is 0 Å². The predicted molar refractivity (Wildman–Crippen MR) is 97.7 cm³/mol. The van der Waals surface area contributed by atoms with E-state index in [0.717, 1.165) is 49.9 Å². The monoisotopic (exact) mass is 334 g/mol. The maximum absolute atomic E-state index is 5.52. The highest BCUT2D eigenvalue weighted by Gasteiger charge is 2.34. The van der Waals surface area contributed by atoms with E-state index in [2.05, 4.69) is 40.7 Å². The molecule has 134 valence electrons. The summed E-state index contributed by atoms with van der Waals surface area (Å²) >= 11 is 0. The smallest absolute Gasteiger partial charge is 0.191 e. The Hall–Kier alpha value is -1.79. The fourth-order valence-corrected chi connectivity index (χ4v) is 3.03. The molecule has 2 rings (SSSR count). The summed E-state index contributed by atoms with van der Waals surface area (Å²) in [5.41, 5.74) is 1.22. The van der Waals surface area contributed by atoms with Crippen LogP contribution in [-0.4, -0.2) is 64.4 Å². The molecule has 1 saturated heterocycles. The Kier molecular flexibility index (Phi) is 6.87. The van der Waals surface area contributed by atoms with Gasteiger partial charge in [-0.15, -0.1) is 0 Å². The molecular weight excluding hydrogens is 304 g/mol. The summed E-state index contributed by atoms with van der Waals surface area (Å²) < 4.78 is 10.9. The number of rotatable bonds is 6. The van der Waals surface area contributed by atoms with Crippen molar-refractivity contribution in [3.63, 3.8) is 0 Å². The highest BCUT2D eigenvalue weighted by molar-refractivity contribution is 5.79. The minimum atomic E-state index is 0.111. The quantitative estimate of drug-likeness (QED) is 0.609. The molecule has 1 heterocycles. The zero-order valence-electron chi connectivity index (χ0n) is 15.3. The van der Waals surface area contributed by atoms with Gasteiger partial charge in [0.2, 0.25) is 0 Å². The zero-order chi connectivity index (χ0) is 17.4. The summed E-state index contributed by atoms with van der Waals surface area (Å²) in [6.45, 7) is 3.14. The lowest BCUT2D eigenvalue weighted by atomic mass is 9.88. The number of para-hydroxylation sites is 1. The number of aliphatic imine (C=N–C) groups is 1. The molecule has 0 saturated carbocycles. The molecule has 0 radical (unpaired) electrons. The van der Waals surface area contributed by atoms with Crippen LogP contribution < -0.4 is 15.4 Å². The maximum Gasteiger partial charge on any atom is 0.191 e. The van der Waals surface area contributed by atoms with Crippen LogP contribution >= 0.6 is 0 Å². The first-order chi connectivity index (χ1) is 11.6. The van der Waals surface area contributed by atoms with Gasteiger partial charge < -0.3 is 25.0 Å². The molecule has 0 aliphatic carbocycles. The van der Waals surface area contributed by atoms with Crippen LogP contribution in [-0.2, 0) is 11.3 Å². The number of methoxy groups -OCH3 is 1. The Bertz CT molecular complexity index is 540. The number of ether oxygens (including phenoxy) is 2. The second-order valence-electron chi connectivity index (χ2n) is 6.32. The van der Waals surface area contributed by atoms with Crippen LogP contribution in [0.1, 0.15) is 18.4 Å². The molecule has 0 atom stereocenters. The van der Waals surface area contributed by atoms with E-state index < -0.39 is 0 Å². The number of benzene rings is 1. The average molecular weight is 334 g/mol. The van der Waals surface area contributed by atoms with E-state index in [-0.39, 0.29) is 5.54 Å². The Morgan fingerprint density at radius 3 is 2.58 bits per heavy atom. The Morgan fingerprint density at radius 1 is 1.25 bits per heavy atom. The number of hydrogen-bond donors (Lipinski definition) is 2. The topological polar surface area (TPSA) is 58.1 Å². The Labute approximate surface area is 145 Å². The first kappa shape index (κ1) is 18.5. The fourth-order valence-electron chi connectivity index (χ4n) is 3.03. The lowest BCUT2D eigenvalue weighted by Gasteiger charge is -2.43. The second-order valence-corrected chi connectivity index (χ2v) is 6.32. The highest BCUT2D eigenvalue weighted by atomic mass is 16.5. The third-order valence-electron chi connectivity index (χ3n) is 4.82. The molecule has 6 heteroatoms. The van der Waals surface area contributed by atoms with Crippen molar-refractivity contribution in [1.82, 2.24) is 15.5 Å². The van der Waals surface area contributed by atoms with Crippen LogP contribution in [0.4, 0.5) is 0 Å². The van der Waals surface area contributed by atoms with E-state index in [1.165, 1.54) is 0 Å². The molecule has 1 fully saturated rings. The normalized spacial score (nSPS) is 17.6. The van der Waals surface area contributed by atoms with Gasteiger partial charge in [0.05, 0.1) is 7.11 Å². The molecular formula is C18H30N4O2. The molecule has 1 aliphatic heterocycles. The van der Waals surface area contributed by atoms with Crippen molar-refractivity contribution < 1.29 is 9.47 Å². The van der Waals surface area contributed by atoms with Gasteiger partial charge in [-0.25, -0.2) is 0 Å². The van der Waals surface area contributed by atoms with Crippen molar-refractivity contribution in [2.45, 2.75) is 24.9 Å². The van der Waals surface area contributed by atoms with E-state index in [9.17, 15) is 0 Å². The summed E-state index contributed by atoms with van der Waals surface area (Å²) in [7, 11) is 7.76. The summed E-state index contributed by atoms with van der Waals surface area (Å²) in [5, 5.41) is 6.84. The third kappa shape index (κ3) is 4.61. The molecule has 0 spiro atoms. The molecule has 24 heavy (non-hydrogen) atoms. The number of hydrogen-bond acceptors (Lipinski definition) is 4. The molecule has 0 bridgehead atoms. The second kappa shape index (κ2) is 8.89. The maximum atomic E-state index is 5.52. The summed E-state index contributed by atoms with van der Waals surface area (Å²) in [5.74, 6) is 1.68.